The summed E-state index contributed by atoms with van der Waals surface area (Å²) < 4.78 is 38.9. The van der Waals surface area contributed by atoms with Crippen LogP contribution in [-0.2, 0) is 10.0 Å². The Kier molecular flexibility index (Phi) is 4.31. The first kappa shape index (κ1) is 14.2. The van der Waals surface area contributed by atoms with E-state index in [1.807, 2.05) is 4.72 Å². The van der Waals surface area contributed by atoms with Crippen molar-refractivity contribution < 1.29 is 17.9 Å². The molecule has 1 unspecified atom stereocenters. The molecule has 0 aliphatic heterocycles. The van der Waals surface area contributed by atoms with Crippen LogP contribution < -0.4 is 10.5 Å². The molecule has 1 aromatic rings. The van der Waals surface area contributed by atoms with Crippen molar-refractivity contribution in [2.75, 3.05) is 12.3 Å². The van der Waals surface area contributed by atoms with E-state index in [-0.39, 0.29) is 17.3 Å². The normalized spacial score (nSPS) is 13.6. The number of aliphatic hydroxyl groups excluding tert-OH is 1. The van der Waals surface area contributed by atoms with E-state index in [2.05, 4.69) is 0 Å². The standard InChI is InChI=1S/C9H12ClFN2O3S/c1-5(14)4-13-17(15,16)8-3-6(12)2-7(10)9(8)11/h2-3,5,13-14H,4,12H2,1H3. The molecule has 8 heteroatoms. The molecule has 0 spiro atoms. The van der Waals surface area contributed by atoms with E-state index in [0.717, 1.165) is 12.1 Å². The topological polar surface area (TPSA) is 92.4 Å². The van der Waals surface area contributed by atoms with Crippen molar-refractivity contribution in [2.45, 2.75) is 17.9 Å². The van der Waals surface area contributed by atoms with Crippen molar-refractivity contribution in [3.8, 4) is 0 Å². The Balaban J connectivity index is 3.15. The lowest BCUT2D eigenvalue weighted by Gasteiger charge is -2.10. The van der Waals surface area contributed by atoms with Crippen LogP contribution >= 0.6 is 11.6 Å². The van der Waals surface area contributed by atoms with Gasteiger partial charge in [0.05, 0.1) is 11.1 Å². The number of sulfonamides is 1. The lowest BCUT2D eigenvalue weighted by molar-refractivity contribution is 0.198. The molecule has 1 rings (SSSR count). The second-order valence-corrected chi connectivity index (χ2v) is 5.66. The number of nitrogens with one attached hydrogen (secondary N) is 1. The summed E-state index contributed by atoms with van der Waals surface area (Å²) in [5, 5.41) is 8.60. The summed E-state index contributed by atoms with van der Waals surface area (Å²) in [6.45, 7) is 1.17. The molecule has 17 heavy (non-hydrogen) atoms. The summed E-state index contributed by atoms with van der Waals surface area (Å²) in [6.07, 6.45) is -0.885. The Hall–Kier alpha value is -0.890. The average Bonchev–Trinajstić information content (AvgIpc) is 2.20. The van der Waals surface area contributed by atoms with Gasteiger partial charge in [-0.1, -0.05) is 11.6 Å². The monoisotopic (exact) mass is 282 g/mol. The molecular formula is C9H12ClFN2O3S. The Morgan fingerprint density at radius 3 is 2.71 bits per heavy atom. The van der Waals surface area contributed by atoms with E-state index in [4.69, 9.17) is 22.4 Å². The van der Waals surface area contributed by atoms with E-state index in [1.54, 1.807) is 0 Å². The minimum absolute atomic E-state index is 0.0359. The average molecular weight is 283 g/mol. The SMILES string of the molecule is CC(O)CNS(=O)(=O)c1cc(N)cc(Cl)c1F. The first-order valence-corrected chi connectivity index (χ1v) is 6.52. The summed E-state index contributed by atoms with van der Waals surface area (Å²) >= 11 is 5.49. The van der Waals surface area contributed by atoms with Crippen molar-refractivity contribution >= 4 is 27.3 Å². The van der Waals surface area contributed by atoms with Crippen LogP contribution in [0.5, 0.6) is 0 Å². The maximum Gasteiger partial charge on any atom is 0.243 e. The maximum absolute atomic E-state index is 13.5. The van der Waals surface area contributed by atoms with Crippen molar-refractivity contribution in [1.82, 2.24) is 4.72 Å². The van der Waals surface area contributed by atoms with Crippen molar-refractivity contribution in [1.29, 1.82) is 0 Å². The molecule has 0 saturated carbocycles. The molecule has 0 heterocycles. The van der Waals surface area contributed by atoms with Crippen LogP contribution in [0.15, 0.2) is 17.0 Å². The van der Waals surface area contributed by atoms with Gasteiger partial charge in [-0.2, -0.15) is 0 Å². The van der Waals surface area contributed by atoms with Crippen LogP contribution in [0.1, 0.15) is 6.92 Å². The molecule has 0 fully saturated rings. The predicted molar refractivity (Wildman–Crippen MR) is 62.7 cm³/mol. The number of rotatable bonds is 4. The van der Waals surface area contributed by atoms with Crippen LogP contribution in [-0.4, -0.2) is 26.2 Å². The van der Waals surface area contributed by atoms with Crippen molar-refractivity contribution in [3.63, 3.8) is 0 Å². The van der Waals surface area contributed by atoms with E-state index in [9.17, 15) is 12.8 Å². The summed E-state index contributed by atoms with van der Waals surface area (Å²) in [6, 6.07) is 2.08. The quantitative estimate of drug-likeness (QED) is 0.710. The molecule has 1 aromatic carbocycles. The van der Waals surface area contributed by atoms with Gasteiger partial charge in [0.1, 0.15) is 4.90 Å². The summed E-state index contributed by atoms with van der Waals surface area (Å²) in [7, 11) is -4.08. The summed E-state index contributed by atoms with van der Waals surface area (Å²) in [5.74, 6) is -1.07. The van der Waals surface area contributed by atoms with Crippen LogP contribution in [0.4, 0.5) is 10.1 Å². The van der Waals surface area contributed by atoms with Crippen LogP contribution in [0.2, 0.25) is 5.02 Å². The molecule has 0 aliphatic carbocycles. The van der Waals surface area contributed by atoms with E-state index < -0.39 is 26.8 Å². The first-order chi connectivity index (χ1) is 7.74. The minimum Gasteiger partial charge on any atom is -0.399 e. The lowest BCUT2D eigenvalue weighted by atomic mass is 10.3. The fraction of sp³-hybridized carbons (Fsp3) is 0.333. The Morgan fingerprint density at radius 2 is 2.18 bits per heavy atom. The number of nitrogens with two attached hydrogens (primary N) is 1. The molecule has 5 nitrogen and oxygen atoms in total. The smallest absolute Gasteiger partial charge is 0.243 e. The molecule has 0 aromatic heterocycles. The van der Waals surface area contributed by atoms with Crippen LogP contribution in [0.3, 0.4) is 0 Å². The van der Waals surface area contributed by atoms with Gasteiger partial charge in [0.25, 0.3) is 0 Å². The molecule has 0 radical (unpaired) electrons. The molecular weight excluding hydrogens is 271 g/mol. The van der Waals surface area contributed by atoms with Gasteiger partial charge < -0.3 is 10.8 Å². The fourth-order valence-corrected chi connectivity index (χ4v) is 2.62. The van der Waals surface area contributed by atoms with Gasteiger partial charge in [0.2, 0.25) is 10.0 Å². The number of hydrogen-bond donors (Lipinski definition) is 3. The number of anilines is 1. The van der Waals surface area contributed by atoms with E-state index >= 15 is 0 Å². The Labute approximate surface area is 103 Å². The predicted octanol–water partition coefficient (Wildman–Crippen LogP) is 0.720. The van der Waals surface area contributed by atoms with Crippen LogP contribution in [0, 0.1) is 5.82 Å². The number of benzene rings is 1. The maximum atomic E-state index is 13.5. The molecule has 0 bridgehead atoms. The highest BCUT2D eigenvalue weighted by Crippen LogP contribution is 2.25. The van der Waals surface area contributed by atoms with E-state index in [0.29, 0.717) is 0 Å². The summed E-state index contributed by atoms with van der Waals surface area (Å²) in [4.78, 5) is -0.636. The molecule has 96 valence electrons. The van der Waals surface area contributed by atoms with Gasteiger partial charge in [-0.15, -0.1) is 0 Å². The van der Waals surface area contributed by atoms with Gasteiger partial charge in [-0.05, 0) is 19.1 Å². The zero-order valence-corrected chi connectivity index (χ0v) is 10.5. The van der Waals surface area contributed by atoms with Gasteiger partial charge >= 0.3 is 0 Å². The van der Waals surface area contributed by atoms with Crippen molar-refractivity contribution in [2.24, 2.45) is 0 Å². The second kappa shape index (κ2) is 5.18. The zero-order chi connectivity index (χ0) is 13.2. The largest absolute Gasteiger partial charge is 0.399 e. The van der Waals surface area contributed by atoms with Crippen LogP contribution in [0.25, 0.3) is 0 Å². The van der Waals surface area contributed by atoms with E-state index in [1.165, 1.54) is 6.92 Å². The fourth-order valence-electron chi connectivity index (χ4n) is 1.09. The van der Waals surface area contributed by atoms with Gasteiger partial charge in [0, 0.05) is 12.2 Å². The number of hydrogen-bond acceptors (Lipinski definition) is 4. The number of aliphatic hydroxyl groups is 1. The Morgan fingerprint density at radius 1 is 1.59 bits per heavy atom. The molecule has 4 N–H and O–H groups in total. The lowest BCUT2D eigenvalue weighted by Crippen LogP contribution is -2.31. The van der Waals surface area contributed by atoms with Crippen molar-refractivity contribution in [3.05, 3.63) is 23.0 Å². The van der Waals surface area contributed by atoms with Gasteiger partial charge in [-0.25, -0.2) is 17.5 Å². The highest BCUT2D eigenvalue weighted by molar-refractivity contribution is 7.89. The zero-order valence-electron chi connectivity index (χ0n) is 8.94. The molecule has 0 aliphatic rings. The third kappa shape index (κ3) is 3.53. The summed E-state index contributed by atoms with van der Waals surface area (Å²) in [5.41, 5.74) is 5.42. The number of nitrogen functional groups attached to an aromatic ring is 1. The van der Waals surface area contributed by atoms with Gasteiger partial charge in [-0.3, -0.25) is 0 Å². The third-order valence-electron chi connectivity index (χ3n) is 1.88. The molecule has 0 amide bonds. The highest BCUT2D eigenvalue weighted by Gasteiger charge is 2.22. The highest BCUT2D eigenvalue weighted by atomic mass is 35.5. The van der Waals surface area contributed by atoms with Gasteiger partial charge in [0.15, 0.2) is 5.82 Å². The number of halogens is 2. The Bertz CT molecular complexity index is 519. The first-order valence-electron chi connectivity index (χ1n) is 4.66. The minimum atomic E-state index is -4.08. The molecule has 0 saturated heterocycles. The molecule has 1 atom stereocenters. The third-order valence-corrected chi connectivity index (χ3v) is 3.57. The second-order valence-electron chi connectivity index (χ2n) is 3.52.